The highest BCUT2D eigenvalue weighted by atomic mass is 32.1. The Kier molecular flexibility index (Phi) is 6.28. The quantitative estimate of drug-likeness (QED) is 0.575. The largest absolute Gasteiger partial charge is 0.493 e. The Morgan fingerprint density at radius 2 is 1.72 bits per heavy atom. The molecule has 0 aliphatic rings. The first-order valence-electron chi connectivity index (χ1n) is 8.59. The summed E-state index contributed by atoms with van der Waals surface area (Å²) in [5.41, 5.74) is 1.30. The van der Waals surface area contributed by atoms with E-state index in [0.717, 1.165) is 4.70 Å². The maximum absolute atomic E-state index is 13.0. The van der Waals surface area contributed by atoms with Gasteiger partial charge in [-0.15, -0.1) is 0 Å². The first kappa shape index (κ1) is 20.5. The van der Waals surface area contributed by atoms with Crippen molar-refractivity contribution in [2.45, 2.75) is 13.0 Å². The molecule has 1 aromatic heterocycles. The van der Waals surface area contributed by atoms with Gasteiger partial charge in [0.1, 0.15) is 12.4 Å². The van der Waals surface area contributed by atoms with Crippen LogP contribution in [0.2, 0.25) is 0 Å². The number of ether oxygens (including phenoxy) is 3. The van der Waals surface area contributed by atoms with Crippen molar-refractivity contribution < 1.29 is 28.2 Å². The summed E-state index contributed by atoms with van der Waals surface area (Å²) in [5, 5.41) is 0. The van der Waals surface area contributed by atoms with Crippen molar-refractivity contribution in [2.75, 3.05) is 21.3 Å². The van der Waals surface area contributed by atoms with Crippen molar-refractivity contribution in [3.63, 3.8) is 0 Å². The van der Waals surface area contributed by atoms with Gasteiger partial charge in [0.05, 0.1) is 38.0 Å². The molecule has 0 aliphatic carbocycles. The summed E-state index contributed by atoms with van der Waals surface area (Å²) < 4.78 is 30.8. The molecule has 3 rings (SSSR count). The van der Waals surface area contributed by atoms with Crippen LogP contribution >= 0.6 is 11.3 Å². The van der Waals surface area contributed by atoms with E-state index in [1.54, 1.807) is 16.7 Å². The molecule has 2 aromatic carbocycles. The Balaban J connectivity index is 2.07. The van der Waals surface area contributed by atoms with Crippen molar-refractivity contribution in [3.05, 3.63) is 52.6 Å². The summed E-state index contributed by atoms with van der Waals surface area (Å²) in [7, 11) is 4.33. The maximum Gasteiger partial charge on any atom is 0.325 e. The normalized spacial score (nSPS) is 11.5. The zero-order valence-electron chi connectivity index (χ0n) is 16.1. The molecule has 0 bridgehead atoms. The number of amides is 1. The smallest absolute Gasteiger partial charge is 0.325 e. The molecule has 0 saturated heterocycles. The van der Waals surface area contributed by atoms with Gasteiger partial charge in [-0.1, -0.05) is 23.5 Å². The van der Waals surface area contributed by atoms with E-state index < -0.39 is 11.9 Å². The molecule has 7 nitrogen and oxygen atoms in total. The number of hydrogen-bond acceptors (Lipinski definition) is 6. The van der Waals surface area contributed by atoms with Crippen LogP contribution in [0.5, 0.6) is 11.5 Å². The van der Waals surface area contributed by atoms with Gasteiger partial charge in [-0.25, -0.2) is 4.39 Å². The molecule has 0 atom stereocenters. The van der Waals surface area contributed by atoms with Crippen LogP contribution in [0.25, 0.3) is 10.2 Å². The number of fused-ring (bicyclic) bond motifs is 1. The van der Waals surface area contributed by atoms with Gasteiger partial charge in [0.15, 0.2) is 16.3 Å². The molecule has 3 aromatic rings. The molecule has 0 unspecified atom stereocenters. The van der Waals surface area contributed by atoms with E-state index in [2.05, 4.69) is 4.99 Å². The number of rotatable bonds is 6. The van der Waals surface area contributed by atoms with Crippen LogP contribution < -0.4 is 14.3 Å². The fourth-order valence-corrected chi connectivity index (χ4v) is 3.81. The van der Waals surface area contributed by atoms with Crippen LogP contribution in [0, 0.1) is 5.82 Å². The standard InChI is InChI=1S/C20H19FN2O5S/c1-26-15-9-14-17(10-16(15)27-2)29-20(23(14)11-19(25)28-3)22-18(24)8-12-4-6-13(21)7-5-12/h4-7,9-10H,8,11H2,1-3H3. The topological polar surface area (TPSA) is 79.1 Å². The third kappa shape index (κ3) is 4.62. The number of esters is 1. The van der Waals surface area contributed by atoms with Gasteiger partial charge in [-0.3, -0.25) is 9.59 Å². The molecule has 0 saturated carbocycles. The average Bonchev–Trinajstić information content (AvgIpc) is 3.04. The van der Waals surface area contributed by atoms with Gasteiger partial charge in [-0.05, 0) is 17.7 Å². The van der Waals surface area contributed by atoms with Gasteiger partial charge in [0.25, 0.3) is 5.91 Å². The minimum absolute atomic E-state index is 0.0133. The highest BCUT2D eigenvalue weighted by Crippen LogP contribution is 2.33. The number of thiazole rings is 1. The lowest BCUT2D eigenvalue weighted by Gasteiger charge is -2.09. The van der Waals surface area contributed by atoms with E-state index in [4.69, 9.17) is 14.2 Å². The number of aromatic nitrogens is 1. The first-order valence-corrected chi connectivity index (χ1v) is 9.41. The molecular formula is C20H19FN2O5S. The molecule has 0 fully saturated rings. The summed E-state index contributed by atoms with van der Waals surface area (Å²) in [6.07, 6.45) is 0.0133. The second-order valence-electron chi connectivity index (χ2n) is 6.03. The van der Waals surface area contributed by atoms with Crippen molar-refractivity contribution >= 4 is 33.4 Å². The molecule has 1 amide bonds. The first-order chi connectivity index (χ1) is 13.9. The van der Waals surface area contributed by atoms with E-state index >= 15 is 0 Å². The molecule has 0 N–H and O–H groups in total. The third-order valence-electron chi connectivity index (χ3n) is 4.19. The summed E-state index contributed by atoms with van der Waals surface area (Å²) in [4.78, 5) is 28.9. The number of nitrogens with zero attached hydrogens (tertiary/aromatic N) is 2. The van der Waals surface area contributed by atoms with E-state index in [-0.39, 0.29) is 18.8 Å². The second-order valence-corrected chi connectivity index (χ2v) is 7.04. The van der Waals surface area contributed by atoms with Gasteiger partial charge < -0.3 is 18.8 Å². The minimum Gasteiger partial charge on any atom is -0.493 e. The molecule has 0 radical (unpaired) electrons. The van der Waals surface area contributed by atoms with Gasteiger partial charge in [-0.2, -0.15) is 4.99 Å². The van der Waals surface area contributed by atoms with Gasteiger partial charge in [0, 0.05) is 12.1 Å². The molecule has 152 valence electrons. The Morgan fingerprint density at radius 1 is 1.07 bits per heavy atom. The molecule has 9 heteroatoms. The number of hydrogen-bond donors (Lipinski definition) is 0. The summed E-state index contributed by atoms with van der Waals surface area (Å²) >= 11 is 1.24. The number of halogens is 1. The predicted molar refractivity (Wildman–Crippen MR) is 106 cm³/mol. The van der Waals surface area contributed by atoms with Crippen LogP contribution in [-0.2, 0) is 27.3 Å². The Bertz CT molecular complexity index is 1120. The summed E-state index contributed by atoms with van der Waals surface area (Å²) in [5.74, 6) is -0.259. The zero-order chi connectivity index (χ0) is 21.0. The van der Waals surface area contributed by atoms with Crippen molar-refractivity contribution in [1.82, 2.24) is 4.57 Å². The zero-order valence-corrected chi connectivity index (χ0v) is 16.9. The fraction of sp³-hybridized carbons (Fsp3) is 0.250. The monoisotopic (exact) mass is 418 g/mol. The van der Waals surface area contributed by atoms with Crippen LogP contribution in [0.4, 0.5) is 4.39 Å². The van der Waals surface area contributed by atoms with Crippen molar-refractivity contribution in [3.8, 4) is 11.5 Å². The lowest BCUT2D eigenvalue weighted by molar-refractivity contribution is -0.141. The van der Waals surface area contributed by atoms with Gasteiger partial charge in [0.2, 0.25) is 0 Å². The molecule has 0 spiro atoms. The number of benzene rings is 2. The maximum atomic E-state index is 13.0. The number of carbonyl (C=O) groups excluding carboxylic acids is 2. The Labute approximate surface area is 170 Å². The second kappa shape index (κ2) is 8.87. The van der Waals surface area contributed by atoms with Crippen LogP contribution in [0.15, 0.2) is 41.4 Å². The highest BCUT2D eigenvalue weighted by molar-refractivity contribution is 7.16. The average molecular weight is 418 g/mol. The number of methoxy groups -OCH3 is 3. The summed E-state index contributed by atoms with van der Waals surface area (Å²) in [6.45, 7) is -0.116. The summed E-state index contributed by atoms with van der Waals surface area (Å²) in [6, 6.07) is 9.13. The predicted octanol–water partition coefficient (Wildman–Crippen LogP) is 2.70. The minimum atomic E-state index is -0.480. The third-order valence-corrected chi connectivity index (χ3v) is 5.23. The SMILES string of the molecule is COC(=O)Cn1c(=NC(=O)Cc2ccc(F)cc2)sc2cc(OC)c(OC)cc21. The molecule has 1 heterocycles. The lowest BCUT2D eigenvalue weighted by Crippen LogP contribution is -2.22. The van der Waals surface area contributed by atoms with E-state index in [1.807, 2.05) is 0 Å². The fourth-order valence-electron chi connectivity index (χ4n) is 2.75. The van der Waals surface area contributed by atoms with E-state index in [0.29, 0.717) is 27.4 Å². The van der Waals surface area contributed by atoms with Crippen LogP contribution in [0.3, 0.4) is 0 Å². The van der Waals surface area contributed by atoms with Gasteiger partial charge >= 0.3 is 5.97 Å². The lowest BCUT2D eigenvalue weighted by atomic mass is 10.1. The Hall–Kier alpha value is -3.20. The van der Waals surface area contributed by atoms with Crippen LogP contribution in [-0.4, -0.2) is 37.8 Å². The molecule has 29 heavy (non-hydrogen) atoms. The highest BCUT2D eigenvalue weighted by Gasteiger charge is 2.15. The Morgan fingerprint density at radius 3 is 2.34 bits per heavy atom. The van der Waals surface area contributed by atoms with Crippen molar-refractivity contribution in [2.24, 2.45) is 4.99 Å². The molecule has 0 aliphatic heterocycles. The van der Waals surface area contributed by atoms with E-state index in [1.165, 1.54) is 56.9 Å². The number of carbonyl (C=O) groups is 2. The van der Waals surface area contributed by atoms with E-state index in [9.17, 15) is 14.0 Å². The van der Waals surface area contributed by atoms with Crippen LogP contribution in [0.1, 0.15) is 5.56 Å². The van der Waals surface area contributed by atoms with Crippen molar-refractivity contribution in [1.29, 1.82) is 0 Å². The molecular weight excluding hydrogens is 399 g/mol.